The molecule has 0 radical (unpaired) electrons. The van der Waals surface area contributed by atoms with Crippen molar-refractivity contribution in [2.45, 2.75) is 19.6 Å². The van der Waals surface area contributed by atoms with Crippen molar-refractivity contribution in [1.29, 1.82) is 0 Å². The quantitative estimate of drug-likeness (QED) is 0.632. The van der Waals surface area contributed by atoms with Crippen LogP contribution in [0.4, 0.5) is 23.2 Å². The van der Waals surface area contributed by atoms with Gasteiger partial charge in [-0.05, 0) is 24.6 Å². The van der Waals surface area contributed by atoms with Gasteiger partial charge < -0.3 is 5.32 Å². The van der Waals surface area contributed by atoms with Crippen LogP contribution in [0.5, 0.6) is 0 Å². The van der Waals surface area contributed by atoms with E-state index in [-0.39, 0.29) is 17.2 Å². The van der Waals surface area contributed by atoms with Crippen LogP contribution in [0.3, 0.4) is 0 Å². The number of thiazole rings is 1. The topological polar surface area (TPSA) is 74.4 Å². The number of nitrogens with one attached hydrogen (secondary N) is 1. The summed E-state index contributed by atoms with van der Waals surface area (Å²) in [5.41, 5.74) is -1.24. The summed E-state index contributed by atoms with van der Waals surface area (Å²) in [5, 5.41) is 7.67. The van der Waals surface area contributed by atoms with Crippen molar-refractivity contribution in [3.8, 4) is 0 Å². The van der Waals surface area contributed by atoms with E-state index in [1.54, 1.807) is 13.0 Å². The van der Waals surface area contributed by atoms with Crippen LogP contribution in [0.25, 0.3) is 4.96 Å². The van der Waals surface area contributed by atoms with Crippen molar-refractivity contribution >= 4 is 33.9 Å². The van der Waals surface area contributed by atoms with Crippen molar-refractivity contribution in [2.75, 3.05) is 18.1 Å². The summed E-state index contributed by atoms with van der Waals surface area (Å²) in [6.45, 7) is 2.38. The first kappa shape index (κ1) is 20.0. The smallest absolute Gasteiger partial charge is 0.347 e. The number of fused-ring (bicyclic) bond motifs is 1. The highest BCUT2D eigenvalue weighted by Gasteiger charge is 2.40. The van der Waals surface area contributed by atoms with Crippen LogP contribution in [0.2, 0.25) is 0 Å². The van der Waals surface area contributed by atoms with Crippen molar-refractivity contribution in [3.63, 3.8) is 0 Å². The summed E-state index contributed by atoms with van der Waals surface area (Å²) in [7, 11) is 0. The first-order chi connectivity index (χ1) is 14.2. The Morgan fingerprint density at radius 2 is 2.17 bits per heavy atom. The Morgan fingerprint density at radius 3 is 2.83 bits per heavy atom. The fourth-order valence-electron chi connectivity index (χ4n) is 3.01. The number of aliphatic imine (C=N–C) groups is 1. The summed E-state index contributed by atoms with van der Waals surface area (Å²) < 4.78 is 55.6. The molecule has 0 unspecified atom stereocenters. The van der Waals surface area contributed by atoms with Crippen molar-refractivity contribution in [3.05, 3.63) is 52.0 Å². The number of halogens is 4. The predicted molar refractivity (Wildman–Crippen MR) is 102 cm³/mol. The maximum Gasteiger partial charge on any atom is 0.435 e. The van der Waals surface area contributed by atoms with Crippen LogP contribution in [-0.2, 0) is 12.7 Å². The molecule has 1 aromatic carbocycles. The number of hydrogen-bond acceptors (Lipinski definition) is 6. The van der Waals surface area contributed by atoms with Gasteiger partial charge in [-0.2, -0.15) is 13.2 Å². The van der Waals surface area contributed by atoms with Gasteiger partial charge in [0.2, 0.25) is 0 Å². The second kappa shape index (κ2) is 7.54. The number of amides is 1. The Hall–Kier alpha value is -3.24. The largest absolute Gasteiger partial charge is 0.435 e. The van der Waals surface area contributed by atoms with E-state index in [1.807, 2.05) is 0 Å². The number of aromatic nitrogens is 2. The average molecular weight is 438 g/mol. The Kier molecular flexibility index (Phi) is 5.04. The van der Waals surface area contributed by atoms with Gasteiger partial charge in [-0.3, -0.25) is 14.2 Å². The van der Waals surface area contributed by atoms with Gasteiger partial charge in [-0.15, -0.1) is 16.4 Å². The Labute approximate surface area is 171 Å². The number of carbonyl (C=O) groups excluding carboxylic acids is 1. The second-order valence-corrected chi connectivity index (χ2v) is 7.69. The lowest BCUT2D eigenvalue weighted by Crippen LogP contribution is -2.27. The molecule has 0 saturated carbocycles. The number of rotatable bonds is 4. The standard InChI is InChI=1S/C18H14F4N6OS/c1-10-8-27-14(15(18(20,21)22)26-17(27)30-10)16(29)24-7-11-2-3-13(12(19)6-11)28-5-4-23-9-25-28/h2-3,6,8H,4-5,7H2,1H3,(H,24,29). The third-order valence-electron chi connectivity index (χ3n) is 4.33. The number of hydrazone groups is 1. The van der Waals surface area contributed by atoms with Crippen LogP contribution in [-0.4, -0.2) is 34.4 Å². The highest BCUT2D eigenvalue weighted by atomic mass is 32.1. The van der Waals surface area contributed by atoms with Gasteiger partial charge in [0.15, 0.2) is 10.7 Å². The zero-order valence-corrected chi connectivity index (χ0v) is 16.3. The molecule has 30 heavy (non-hydrogen) atoms. The molecule has 2 aromatic heterocycles. The van der Waals surface area contributed by atoms with E-state index in [9.17, 15) is 22.4 Å². The summed E-state index contributed by atoms with van der Waals surface area (Å²) >= 11 is 1.05. The molecular formula is C18H14F4N6OS. The molecule has 0 bridgehead atoms. The Balaban J connectivity index is 1.55. The molecule has 1 aliphatic heterocycles. The van der Waals surface area contributed by atoms with Gasteiger partial charge in [0.25, 0.3) is 5.91 Å². The second-order valence-electron chi connectivity index (χ2n) is 6.47. The molecule has 4 rings (SSSR count). The third-order valence-corrected chi connectivity index (χ3v) is 5.23. The molecule has 1 aliphatic rings. The minimum Gasteiger partial charge on any atom is -0.347 e. The zero-order chi connectivity index (χ0) is 21.5. The lowest BCUT2D eigenvalue weighted by atomic mass is 10.2. The summed E-state index contributed by atoms with van der Waals surface area (Å²) in [6.07, 6.45) is -3.35. The molecule has 0 saturated heterocycles. The number of aryl methyl sites for hydroxylation is 1. The number of hydrogen-bond donors (Lipinski definition) is 1. The zero-order valence-electron chi connectivity index (χ0n) is 15.5. The van der Waals surface area contributed by atoms with Crippen LogP contribution < -0.4 is 10.3 Å². The van der Waals surface area contributed by atoms with Crippen LogP contribution >= 0.6 is 11.3 Å². The first-order valence-electron chi connectivity index (χ1n) is 8.76. The lowest BCUT2D eigenvalue weighted by Gasteiger charge is -2.19. The van der Waals surface area contributed by atoms with Crippen LogP contribution in [0.15, 0.2) is 34.5 Å². The van der Waals surface area contributed by atoms with Crippen LogP contribution in [0.1, 0.15) is 26.6 Å². The van der Waals surface area contributed by atoms with E-state index in [4.69, 9.17) is 0 Å². The van der Waals surface area contributed by atoms with Crippen molar-refractivity contribution in [2.24, 2.45) is 10.1 Å². The van der Waals surface area contributed by atoms with E-state index in [2.05, 4.69) is 26.4 Å². The van der Waals surface area contributed by atoms with E-state index < -0.39 is 29.3 Å². The number of carbonyl (C=O) groups is 1. The lowest BCUT2D eigenvalue weighted by molar-refractivity contribution is -0.141. The minimum absolute atomic E-state index is 0.0750. The number of alkyl halides is 3. The number of benzene rings is 1. The van der Waals surface area contributed by atoms with Gasteiger partial charge in [0.1, 0.15) is 17.5 Å². The Morgan fingerprint density at radius 1 is 1.37 bits per heavy atom. The van der Waals surface area contributed by atoms with Crippen molar-refractivity contribution in [1.82, 2.24) is 14.7 Å². The molecular weight excluding hydrogens is 424 g/mol. The highest BCUT2D eigenvalue weighted by Crippen LogP contribution is 2.33. The molecule has 12 heteroatoms. The van der Waals surface area contributed by atoms with Gasteiger partial charge in [-0.25, -0.2) is 14.4 Å². The van der Waals surface area contributed by atoms with Gasteiger partial charge in [0.05, 0.1) is 18.8 Å². The van der Waals surface area contributed by atoms with E-state index in [0.717, 1.165) is 15.7 Å². The van der Waals surface area contributed by atoms with E-state index in [0.29, 0.717) is 23.5 Å². The number of nitrogens with zero attached hydrogens (tertiary/aromatic N) is 5. The molecule has 0 aliphatic carbocycles. The maximum absolute atomic E-state index is 14.4. The molecule has 0 fully saturated rings. The molecule has 3 heterocycles. The minimum atomic E-state index is -4.78. The molecule has 0 atom stereocenters. The van der Waals surface area contributed by atoms with Gasteiger partial charge in [-0.1, -0.05) is 6.07 Å². The summed E-state index contributed by atoms with van der Waals surface area (Å²) in [6, 6.07) is 6.65. The molecule has 156 valence electrons. The average Bonchev–Trinajstić information content (AvgIpc) is 3.22. The first-order valence-corrected chi connectivity index (χ1v) is 9.57. The highest BCUT2D eigenvalue weighted by molar-refractivity contribution is 7.17. The van der Waals surface area contributed by atoms with E-state index in [1.165, 1.54) is 23.3 Å². The SMILES string of the molecule is Cc1cn2c(C(=O)NCc3ccc(N4CCN=C=N4)c(F)c3)c(C(F)(F)F)nc2s1. The van der Waals surface area contributed by atoms with Crippen LogP contribution in [0, 0.1) is 12.7 Å². The third kappa shape index (κ3) is 3.79. The fourth-order valence-corrected chi connectivity index (χ4v) is 3.84. The van der Waals surface area contributed by atoms with Crippen molar-refractivity contribution < 1.29 is 22.4 Å². The summed E-state index contributed by atoms with van der Waals surface area (Å²) in [5.74, 6) is -1.53. The molecule has 1 amide bonds. The fraction of sp³-hybridized carbons (Fsp3) is 0.278. The summed E-state index contributed by atoms with van der Waals surface area (Å²) in [4.78, 5) is 20.7. The molecule has 3 aromatic rings. The Bertz CT molecular complexity index is 1190. The normalized spacial score (nSPS) is 14.0. The monoisotopic (exact) mass is 438 g/mol. The van der Waals surface area contributed by atoms with Gasteiger partial charge in [0, 0.05) is 17.6 Å². The molecule has 0 spiro atoms. The maximum atomic E-state index is 14.4. The van der Waals surface area contributed by atoms with E-state index >= 15 is 0 Å². The number of anilines is 1. The number of imidazole rings is 1. The predicted octanol–water partition coefficient (Wildman–Crippen LogP) is 3.70. The molecule has 7 nitrogen and oxygen atoms in total. The molecule has 1 N–H and O–H groups in total. The van der Waals surface area contributed by atoms with Gasteiger partial charge >= 0.3 is 6.18 Å².